The van der Waals surface area contributed by atoms with Crippen molar-refractivity contribution < 1.29 is 19.5 Å². The maximum absolute atomic E-state index is 10.8. The topological polar surface area (TPSA) is 81.8 Å². The average molecular weight is 262 g/mol. The number of methoxy groups -OCH3 is 1. The number of ether oxygens (including phenoxy) is 2. The maximum Gasteiger partial charge on any atom is 0.314 e. The molecule has 0 aromatic heterocycles. The normalized spacial score (nSPS) is 10.1. The van der Waals surface area contributed by atoms with Crippen LogP contribution in [-0.2, 0) is 0 Å². The van der Waals surface area contributed by atoms with Gasteiger partial charge in [0.25, 0.3) is 0 Å². The highest BCUT2D eigenvalue weighted by Gasteiger charge is 2.19. The molecule has 0 amide bonds. The predicted molar refractivity (Wildman–Crippen MR) is 61.9 cm³/mol. The van der Waals surface area contributed by atoms with E-state index >= 15 is 0 Å². The SMILES string of the molecule is COc1cc([N+](=O)[O-])c(OCCCO)cc1Cl. The van der Waals surface area contributed by atoms with E-state index in [1.54, 1.807) is 0 Å². The van der Waals surface area contributed by atoms with Gasteiger partial charge in [0.05, 0.1) is 29.7 Å². The lowest BCUT2D eigenvalue weighted by molar-refractivity contribution is -0.385. The summed E-state index contributed by atoms with van der Waals surface area (Å²) in [4.78, 5) is 10.2. The second-order valence-electron chi connectivity index (χ2n) is 3.14. The van der Waals surface area contributed by atoms with Gasteiger partial charge in [-0.1, -0.05) is 11.6 Å². The standard InChI is InChI=1S/C10H12ClNO5/c1-16-9-6-8(12(14)15)10(5-7(9)11)17-4-2-3-13/h5-6,13H,2-4H2,1H3. The smallest absolute Gasteiger partial charge is 0.314 e. The van der Waals surface area contributed by atoms with Crippen molar-refractivity contribution >= 4 is 17.3 Å². The molecule has 0 unspecified atom stereocenters. The minimum absolute atomic E-state index is 0.0440. The lowest BCUT2D eigenvalue weighted by Gasteiger charge is -2.08. The van der Waals surface area contributed by atoms with E-state index < -0.39 is 4.92 Å². The Morgan fingerprint density at radius 3 is 2.71 bits per heavy atom. The summed E-state index contributed by atoms with van der Waals surface area (Å²) >= 11 is 5.84. The molecule has 94 valence electrons. The molecule has 0 fully saturated rings. The average Bonchev–Trinajstić information content (AvgIpc) is 2.29. The lowest BCUT2D eigenvalue weighted by atomic mass is 10.2. The minimum Gasteiger partial charge on any atom is -0.495 e. The van der Waals surface area contributed by atoms with Crippen molar-refractivity contribution in [3.8, 4) is 11.5 Å². The number of nitro benzene ring substituents is 1. The summed E-state index contributed by atoms with van der Waals surface area (Å²) in [6.45, 7) is 0.137. The Labute approximate surface area is 103 Å². The highest BCUT2D eigenvalue weighted by atomic mass is 35.5. The molecule has 17 heavy (non-hydrogen) atoms. The van der Waals surface area contributed by atoms with Crippen LogP contribution in [0.2, 0.25) is 5.02 Å². The highest BCUT2D eigenvalue weighted by molar-refractivity contribution is 6.32. The molecule has 7 heteroatoms. The van der Waals surface area contributed by atoms with Crippen molar-refractivity contribution in [3.63, 3.8) is 0 Å². The number of nitrogens with zero attached hydrogens (tertiary/aromatic N) is 1. The van der Waals surface area contributed by atoms with Gasteiger partial charge in [0.2, 0.25) is 0 Å². The first-order valence-electron chi connectivity index (χ1n) is 4.85. The van der Waals surface area contributed by atoms with Crippen LogP contribution in [0, 0.1) is 10.1 Å². The van der Waals surface area contributed by atoms with Crippen LogP contribution < -0.4 is 9.47 Å². The van der Waals surface area contributed by atoms with Gasteiger partial charge >= 0.3 is 5.69 Å². The first-order valence-corrected chi connectivity index (χ1v) is 5.23. The number of halogens is 1. The van der Waals surface area contributed by atoms with Crippen LogP contribution in [0.3, 0.4) is 0 Å². The Balaban J connectivity index is 3.01. The fourth-order valence-corrected chi connectivity index (χ4v) is 1.42. The monoisotopic (exact) mass is 261 g/mol. The zero-order valence-corrected chi connectivity index (χ0v) is 9.94. The third-order valence-electron chi connectivity index (χ3n) is 1.99. The number of aliphatic hydroxyl groups excluding tert-OH is 1. The Bertz CT molecular complexity index is 410. The molecule has 0 saturated carbocycles. The molecule has 0 atom stereocenters. The molecule has 6 nitrogen and oxygen atoms in total. The summed E-state index contributed by atoms with van der Waals surface area (Å²) < 4.78 is 10.1. The van der Waals surface area contributed by atoms with E-state index in [4.69, 9.17) is 26.2 Å². The number of rotatable bonds is 6. The first-order chi connectivity index (χ1) is 8.10. The van der Waals surface area contributed by atoms with E-state index in [0.29, 0.717) is 6.42 Å². The third kappa shape index (κ3) is 3.47. The number of hydrogen-bond donors (Lipinski definition) is 1. The molecule has 0 aliphatic carbocycles. The maximum atomic E-state index is 10.8. The Kier molecular flexibility index (Phi) is 4.99. The zero-order chi connectivity index (χ0) is 12.8. The first kappa shape index (κ1) is 13.5. The summed E-state index contributed by atoms with van der Waals surface area (Å²) in [6.07, 6.45) is 0.390. The Morgan fingerprint density at radius 1 is 1.47 bits per heavy atom. The molecule has 1 N–H and O–H groups in total. The van der Waals surface area contributed by atoms with Gasteiger partial charge < -0.3 is 14.6 Å². The summed E-state index contributed by atoms with van der Waals surface area (Å²) in [7, 11) is 1.37. The van der Waals surface area contributed by atoms with Crippen molar-refractivity contribution in [1.82, 2.24) is 0 Å². The second-order valence-corrected chi connectivity index (χ2v) is 3.54. The van der Waals surface area contributed by atoms with E-state index in [1.165, 1.54) is 19.2 Å². The molecular formula is C10H12ClNO5. The van der Waals surface area contributed by atoms with Gasteiger partial charge in [-0.05, 0) is 0 Å². The number of aliphatic hydroxyl groups is 1. The molecule has 1 rings (SSSR count). The molecule has 1 aromatic carbocycles. The van der Waals surface area contributed by atoms with Gasteiger partial charge in [0.1, 0.15) is 5.75 Å². The highest BCUT2D eigenvalue weighted by Crippen LogP contribution is 2.37. The van der Waals surface area contributed by atoms with Crippen LogP contribution in [0.4, 0.5) is 5.69 Å². The van der Waals surface area contributed by atoms with Gasteiger partial charge in [0, 0.05) is 19.1 Å². The number of benzene rings is 1. The molecular weight excluding hydrogens is 250 g/mol. The molecule has 0 saturated heterocycles. The van der Waals surface area contributed by atoms with Crippen molar-refractivity contribution in [2.24, 2.45) is 0 Å². The van der Waals surface area contributed by atoms with Gasteiger partial charge in [-0.3, -0.25) is 10.1 Å². The predicted octanol–water partition coefficient (Wildman–Crippen LogP) is 2.02. The van der Waals surface area contributed by atoms with Crippen molar-refractivity contribution in [2.45, 2.75) is 6.42 Å². The second kappa shape index (κ2) is 6.27. The van der Waals surface area contributed by atoms with Crippen LogP contribution in [0.1, 0.15) is 6.42 Å². The van der Waals surface area contributed by atoms with Gasteiger partial charge in [0.15, 0.2) is 5.75 Å². The summed E-state index contributed by atoms with van der Waals surface area (Å²) in [5.41, 5.74) is -0.218. The van der Waals surface area contributed by atoms with Crippen LogP contribution >= 0.6 is 11.6 Å². The van der Waals surface area contributed by atoms with Crippen LogP contribution in [0.5, 0.6) is 11.5 Å². The Hall–Kier alpha value is -1.53. The molecule has 1 aromatic rings. The van der Waals surface area contributed by atoms with Crippen molar-refractivity contribution in [2.75, 3.05) is 20.3 Å². The van der Waals surface area contributed by atoms with Crippen LogP contribution in [0.25, 0.3) is 0 Å². The lowest BCUT2D eigenvalue weighted by Crippen LogP contribution is -2.02. The van der Waals surface area contributed by atoms with Crippen molar-refractivity contribution in [3.05, 3.63) is 27.3 Å². The summed E-state index contributed by atoms with van der Waals surface area (Å²) in [6, 6.07) is 2.53. The minimum atomic E-state index is -0.576. The molecule has 0 spiro atoms. The molecule has 0 aliphatic heterocycles. The van der Waals surface area contributed by atoms with Crippen LogP contribution in [0.15, 0.2) is 12.1 Å². The van der Waals surface area contributed by atoms with Crippen molar-refractivity contribution in [1.29, 1.82) is 0 Å². The zero-order valence-electron chi connectivity index (χ0n) is 9.18. The fraction of sp³-hybridized carbons (Fsp3) is 0.400. The summed E-state index contributed by atoms with van der Waals surface area (Å²) in [5, 5.41) is 19.6. The fourth-order valence-electron chi connectivity index (χ4n) is 1.19. The molecule has 0 aliphatic rings. The van der Waals surface area contributed by atoms with E-state index in [1.807, 2.05) is 0 Å². The number of nitro groups is 1. The van der Waals surface area contributed by atoms with E-state index in [-0.39, 0.29) is 35.4 Å². The van der Waals surface area contributed by atoms with Gasteiger partial charge in [-0.2, -0.15) is 0 Å². The molecule has 0 heterocycles. The molecule has 0 bridgehead atoms. The van der Waals surface area contributed by atoms with E-state index in [2.05, 4.69) is 0 Å². The van der Waals surface area contributed by atoms with Gasteiger partial charge in [-0.25, -0.2) is 0 Å². The van der Waals surface area contributed by atoms with E-state index in [9.17, 15) is 10.1 Å². The largest absolute Gasteiger partial charge is 0.495 e. The molecule has 0 radical (unpaired) electrons. The Morgan fingerprint density at radius 2 is 2.18 bits per heavy atom. The van der Waals surface area contributed by atoms with E-state index in [0.717, 1.165) is 0 Å². The van der Waals surface area contributed by atoms with Gasteiger partial charge in [-0.15, -0.1) is 0 Å². The van der Waals surface area contributed by atoms with Crippen LogP contribution in [-0.4, -0.2) is 30.4 Å². The quantitative estimate of drug-likeness (QED) is 0.481. The summed E-state index contributed by atoms with van der Waals surface area (Å²) in [5.74, 6) is 0.280. The number of hydrogen-bond acceptors (Lipinski definition) is 5. The third-order valence-corrected chi connectivity index (χ3v) is 2.29.